The van der Waals surface area contributed by atoms with E-state index < -0.39 is 22.0 Å². The zero-order chi connectivity index (χ0) is 83.8. The molecule has 0 saturated carbocycles. The van der Waals surface area contributed by atoms with Crippen LogP contribution in [0.15, 0.2) is 242 Å². The molecule has 23 aromatic rings. The molecule has 2 saturated heterocycles. The number of furan rings is 1. The Hall–Kier alpha value is -16.4. The van der Waals surface area contributed by atoms with Gasteiger partial charge >= 0.3 is 0 Å². The van der Waals surface area contributed by atoms with Gasteiger partial charge in [0.05, 0.1) is 71.1 Å². The number of H-pyrrole nitrogens is 7. The van der Waals surface area contributed by atoms with Gasteiger partial charge in [0.25, 0.3) is 0 Å². The highest BCUT2D eigenvalue weighted by Gasteiger charge is 2.88. The normalized spacial score (nSPS) is 18.0. The van der Waals surface area contributed by atoms with Crippen LogP contribution in [0, 0.1) is 0 Å². The van der Waals surface area contributed by atoms with Crippen LogP contribution in [0.2, 0.25) is 0 Å². The molecule has 127 heavy (non-hydrogen) atoms. The fourth-order valence-electron chi connectivity index (χ4n) is 18.4. The SMILES string of the molecule is c1c[nH]c(C2(c3cccs3)C(c3ccco3)(N3CCOCC3)NC(c3ncco3)(c3nocc3-c3nc(-c4nscc4-c4ncccc4-c4nccc(-c5nn[nH]c5-c5nnnn5-c5nnoc5-c5nnsc5-c5nnccc5-c5nccnc5-c5nc6c(-c7c(-c8cc9ccccc9[nH]8)ccc8nn[nH]c78)cccc6[nH]5)n4)cs3)C2(c2cc[nH]n2)c2ncc[nH]2)c1. The first kappa shape index (κ1) is 73.3. The van der Waals surface area contributed by atoms with E-state index in [4.69, 9.17) is 87.2 Å². The zero-order valence-corrected chi connectivity index (χ0v) is 68.2. The number of thiazole rings is 1. The summed E-state index contributed by atoms with van der Waals surface area (Å²) in [5.41, 5.74) is 8.52. The van der Waals surface area contributed by atoms with E-state index in [0.29, 0.717) is 138 Å². The summed E-state index contributed by atoms with van der Waals surface area (Å²) in [6.45, 7) is 1.68. The van der Waals surface area contributed by atoms with Crippen LogP contribution >= 0.6 is 45.7 Å². The number of nitrogens with zero attached hydrogens (tertiary/aromatic N) is 27. The van der Waals surface area contributed by atoms with Crippen molar-refractivity contribution in [3.63, 3.8) is 0 Å². The third-order valence-corrected chi connectivity index (χ3v) is 26.5. The van der Waals surface area contributed by atoms with Crippen LogP contribution in [-0.4, -0.2) is 197 Å². The number of nitrogens with one attached hydrogen (secondary N) is 8. The molecule has 0 bridgehead atoms. The molecule has 2 fully saturated rings. The van der Waals surface area contributed by atoms with Crippen molar-refractivity contribution in [3.05, 3.63) is 264 Å². The second-order valence-electron chi connectivity index (χ2n) is 29.4. The minimum absolute atomic E-state index is 0.0178. The number of para-hydroxylation sites is 2. The van der Waals surface area contributed by atoms with Gasteiger partial charge < -0.3 is 42.6 Å². The maximum Gasteiger partial charge on any atom is 0.235 e. The van der Waals surface area contributed by atoms with Crippen molar-refractivity contribution in [1.82, 2.24) is 176 Å². The van der Waals surface area contributed by atoms with E-state index in [2.05, 4.69) is 142 Å². The van der Waals surface area contributed by atoms with Crippen LogP contribution in [-0.2, 0) is 26.8 Å². The number of fused-ring (bicyclic) bond motifs is 3. The van der Waals surface area contributed by atoms with Crippen LogP contribution < -0.4 is 5.32 Å². The lowest BCUT2D eigenvalue weighted by Gasteiger charge is -2.55. The number of thiophene rings is 1. The van der Waals surface area contributed by atoms with Gasteiger partial charge in [0, 0.05) is 139 Å². The van der Waals surface area contributed by atoms with Crippen LogP contribution in [0.25, 0.3) is 173 Å². The van der Waals surface area contributed by atoms with Gasteiger partial charge in [-0.2, -0.15) is 19.3 Å². The Morgan fingerprint density at radius 1 is 0.583 bits per heavy atom. The third-order valence-electron chi connectivity index (χ3n) is 23.3. The van der Waals surface area contributed by atoms with E-state index in [1.807, 2.05) is 95.8 Å². The Morgan fingerprint density at radius 3 is 2.39 bits per heavy atom. The summed E-state index contributed by atoms with van der Waals surface area (Å²) in [5, 5.41) is 84.1. The predicted molar refractivity (Wildman–Crippen MR) is 458 cm³/mol. The van der Waals surface area contributed by atoms with Gasteiger partial charge in [-0.15, -0.1) is 48.2 Å². The number of aromatic amines is 7. The van der Waals surface area contributed by atoms with Crippen molar-refractivity contribution in [1.29, 1.82) is 0 Å². The van der Waals surface area contributed by atoms with Gasteiger partial charge in [0.2, 0.25) is 23.3 Å². The maximum atomic E-state index is 6.89. The number of benzene rings is 3. The molecule has 4 atom stereocenters. The molecule has 8 N–H and O–H groups in total. The third kappa shape index (κ3) is 10.8. The van der Waals surface area contributed by atoms with Gasteiger partial charge in [-0.3, -0.25) is 35.5 Å². The summed E-state index contributed by atoms with van der Waals surface area (Å²) in [5.74, 6) is 2.05. The molecular formula is C83H53N35O5S4. The van der Waals surface area contributed by atoms with Crippen molar-refractivity contribution in [2.75, 3.05) is 26.3 Å². The fraction of sp³-hybridized carbons (Fsp3) is 0.0964. The second kappa shape index (κ2) is 29.1. The number of rotatable bonds is 21. The Morgan fingerprint density at radius 2 is 1.51 bits per heavy atom. The maximum absolute atomic E-state index is 6.89. The van der Waals surface area contributed by atoms with E-state index >= 15 is 0 Å². The number of tetrazole rings is 1. The number of oxazole rings is 1. The first-order valence-corrected chi connectivity index (χ1v) is 42.6. The van der Waals surface area contributed by atoms with E-state index in [1.54, 1.807) is 104 Å². The summed E-state index contributed by atoms with van der Waals surface area (Å²) in [6.07, 6.45) is 21.7. The Kier molecular flexibility index (Phi) is 16.8. The Balaban J connectivity index is 0.546. The summed E-state index contributed by atoms with van der Waals surface area (Å²) >= 11 is 5.21. The zero-order valence-electron chi connectivity index (χ0n) is 64.9. The topological polar surface area (TPSA) is 515 Å². The molecule has 0 aliphatic carbocycles. The molecule has 44 heteroatoms. The van der Waals surface area contributed by atoms with Crippen molar-refractivity contribution in [3.8, 4) is 141 Å². The molecular weight excluding hydrogens is 1700 g/mol. The quantitative estimate of drug-likeness (QED) is 0.0331. The average Bonchev–Trinajstić information content (AvgIpc) is 1.45. The van der Waals surface area contributed by atoms with Crippen molar-refractivity contribution in [2.45, 2.75) is 22.0 Å². The Labute approximate surface area is 725 Å². The molecule has 2 aliphatic rings. The molecule has 2 aliphatic heterocycles. The Bertz CT molecular complexity index is 7870. The van der Waals surface area contributed by atoms with Crippen LogP contribution in [0.1, 0.15) is 39.4 Å². The first-order chi connectivity index (χ1) is 63.0. The van der Waals surface area contributed by atoms with Gasteiger partial charge in [0.15, 0.2) is 28.5 Å². The monoisotopic (exact) mass is 1750 g/mol. The van der Waals surface area contributed by atoms with E-state index in [-0.39, 0.29) is 46.2 Å². The summed E-state index contributed by atoms with van der Waals surface area (Å²) in [4.78, 5) is 64.3. The number of morpholine rings is 1. The standard InChI is InChI=1S/C83H53N35O5S4/c1-2-11-49-42(8-1)38-53(94-49)43-16-17-52-65(102-111-99-52)59(43)44-9-3-12-50-61(44)98-74(96-50)67-63(86-26-27-87-67)45-18-24-93-101-64(45)71-69(105-116-127-71)70-76(107-115-123-70)118-75(106-113-114-118)68-66(103-112-104-68)51-19-23-88-73(95-51)46-10-4-22-85-60(46)48-40-126-109-62(48)54-41-125-77(97-54)47-39-122-108-72(47)82(79-91-30-34-121-79)81(56-20-25-92-100-56,78-89-28-29-90-78)80(55-13-5-21-84-55,58-15-7-37-124-58)83(110-82,57-14-6-33-120-57)117-31-35-119-36-32-117/h1-30,33-34,37-41,84,94,110H,31-32,35-36H2,(H,89,90)(H,92,100)(H,96,98)(H,99,102,111)(H,103,104,112). The molecule has 25 rings (SSSR count). The smallest absolute Gasteiger partial charge is 0.235 e. The molecule has 0 spiro atoms. The molecule has 22 heterocycles. The van der Waals surface area contributed by atoms with E-state index in [9.17, 15) is 0 Å². The van der Waals surface area contributed by atoms with Gasteiger partial charge in [-0.25, -0.2) is 34.9 Å². The molecule has 4 unspecified atom stereocenters. The molecule has 20 aromatic heterocycles. The first-order valence-electron chi connectivity index (χ1n) is 39.3. The van der Waals surface area contributed by atoms with Crippen molar-refractivity contribution >= 4 is 78.7 Å². The van der Waals surface area contributed by atoms with Crippen molar-refractivity contribution < 1.29 is 22.6 Å². The number of imidazole rings is 2. The molecule has 614 valence electrons. The molecule has 0 radical (unpaired) electrons. The molecule has 40 nitrogen and oxygen atoms in total. The number of ether oxygens (including phenoxy) is 1. The number of pyridine rings is 1. The summed E-state index contributed by atoms with van der Waals surface area (Å²) in [7, 11) is 0. The van der Waals surface area contributed by atoms with Crippen LogP contribution in [0.5, 0.6) is 0 Å². The lowest BCUT2D eigenvalue weighted by molar-refractivity contribution is -0.0710. The highest BCUT2D eigenvalue weighted by Crippen LogP contribution is 2.74. The highest BCUT2D eigenvalue weighted by molar-refractivity contribution is 7.13. The average molecular weight is 1750 g/mol. The minimum Gasteiger partial charge on any atom is -0.466 e. The van der Waals surface area contributed by atoms with Crippen LogP contribution in [0.4, 0.5) is 0 Å². The predicted octanol–water partition coefficient (Wildman–Crippen LogP) is 12.7. The van der Waals surface area contributed by atoms with Gasteiger partial charge in [0.1, 0.15) is 95.9 Å². The largest absolute Gasteiger partial charge is 0.466 e. The molecule has 3 aromatic carbocycles. The van der Waals surface area contributed by atoms with Crippen LogP contribution in [0.3, 0.4) is 0 Å². The van der Waals surface area contributed by atoms with E-state index in [1.165, 1.54) is 27.6 Å². The van der Waals surface area contributed by atoms with Crippen molar-refractivity contribution in [2.24, 2.45) is 0 Å². The highest BCUT2D eigenvalue weighted by atomic mass is 32.1. The minimum atomic E-state index is -1.80. The van der Waals surface area contributed by atoms with Gasteiger partial charge in [-0.1, -0.05) is 61.6 Å². The number of hydrogen-bond acceptors (Lipinski definition) is 36. The number of aromatic nitrogens is 33. The summed E-state index contributed by atoms with van der Waals surface area (Å²) < 4.78 is 43.1. The second-order valence-corrected chi connectivity index (χ2v) is 32.6. The number of hydrogen-bond donors (Lipinski definition) is 8. The fourth-order valence-corrected chi connectivity index (χ4v) is 21.6. The lowest BCUT2D eigenvalue weighted by atomic mass is 9.48. The van der Waals surface area contributed by atoms with E-state index in [0.717, 1.165) is 66.4 Å². The molecule has 0 amide bonds. The van der Waals surface area contributed by atoms with Gasteiger partial charge in [-0.05, 0) is 130 Å². The summed E-state index contributed by atoms with van der Waals surface area (Å²) in [6, 6.07) is 41.5. The lowest BCUT2D eigenvalue weighted by Crippen LogP contribution is -2.68.